The number of hydrazone groups is 1. The Morgan fingerprint density at radius 3 is 2.41 bits per heavy atom. The first-order valence-corrected chi connectivity index (χ1v) is 8.55. The first-order valence-electron chi connectivity index (χ1n) is 5.88. The molecule has 2 rings (SSSR count). The zero-order chi connectivity index (χ0) is 16.3. The summed E-state index contributed by atoms with van der Waals surface area (Å²) in [6, 6.07) is 7.93. The van der Waals surface area contributed by atoms with E-state index in [2.05, 4.69) is 42.4 Å². The molecule has 114 valence electrons. The van der Waals surface area contributed by atoms with E-state index in [0.29, 0.717) is 23.6 Å². The second-order valence-corrected chi connectivity index (χ2v) is 7.07. The fraction of sp³-hybridized carbons (Fsp3) is 0. The van der Waals surface area contributed by atoms with E-state index in [1.165, 1.54) is 12.3 Å². The van der Waals surface area contributed by atoms with Crippen molar-refractivity contribution in [3.63, 3.8) is 0 Å². The molecular formula is C14H9Br2IN2O3. The van der Waals surface area contributed by atoms with Gasteiger partial charge in [-0.15, -0.1) is 0 Å². The van der Waals surface area contributed by atoms with E-state index in [0.717, 1.165) is 0 Å². The van der Waals surface area contributed by atoms with Crippen LogP contribution >= 0.6 is 54.5 Å². The normalized spacial score (nSPS) is 10.9. The summed E-state index contributed by atoms with van der Waals surface area (Å²) in [5, 5.41) is 23.0. The number of halogens is 3. The maximum Gasteiger partial charge on any atom is 0.271 e. The second kappa shape index (κ2) is 7.42. The van der Waals surface area contributed by atoms with Gasteiger partial charge in [0.25, 0.3) is 5.91 Å². The van der Waals surface area contributed by atoms with E-state index in [-0.39, 0.29) is 11.5 Å². The van der Waals surface area contributed by atoms with Gasteiger partial charge in [-0.1, -0.05) is 0 Å². The van der Waals surface area contributed by atoms with Crippen molar-refractivity contribution >= 4 is 66.6 Å². The highest BCUT2D eigenvalue weighted by Crippen LogP contribution is 2.32. The summed E-state index contributed by atoms with van der Waals surface area (Å²) in [4.78, 5) is 11.9. The van der Waals surface area contributed by atoms with Gasteiger partial charge in [0, 0.05) is 5.56 Å². The van der Waals surface area contributed by atoms with E-state index in [9.17, 15) is 15.0 Å². The van der Waals surface area contributed by atoms with Gasteiger partial charge >= 0.3 is 0 Å². The number of nitrogens with zero attached hydrogens (tertiary/aromatic N) is 1. The van der Waals surface area contributed by atoms with Gasteiger partial charge in [-0.05, 0) is 90.3 Å². The third-order valence-electron chi connectivity index (χ3n) is 2.63. The van der Waals surface area contributed by atoms with Crippen LogP contribution in [0.5, 0.6) is 11.5 Å². The van der Waals surface area contributed by atoms with Gasteiger partial charge in [0.1, 0.15) is 11.5 Å². The molecule has 0 aromatic heterocycles. The van der Waals surface area contributed by atoms with Crippen LogP contribution < -0.4 is 5.43 Å². The van der Waals surface area contributed by atoms with Gasteiger partial charge in [0.2, 0.25) is 0 Å². The Hall–Kier alpha value is -1.13. The highest BCUT2D eigenvalue weighted by atomic mass is 127. The number of phenolic OH excluding ortho intramolecular Hbond substituents is 2. The predicted octanol–water partition coefficient (Wildman–Crippen LogP) is 3.99. The smallest absolute Gasteiger partial charge is 0.271 e. The fourth-order valence-corrected chi connectivity index (χ4v) is 3.10. The SMILES string of the molecule is O=C(N/N=C\c1cc(Br)c(O)c(Br)c1)c1ccc(I)c(O)c1. The van der Waals surface area contributed by atoms with E-state index in [1.54, 1.807) is 24.3 Å². The standard InChI is InChI=1S/C14H9Br2IN2O3/c15-9-3-7(4-10(16)13(9)21)6-18-19-14(22)8-1-2-11(17)12(20)5-8/h1-6,20-21H,(H,19,22)/b18-6-. The van der Waals surface area contributed by atoms with Crippen molar-refractivity contribution in [2.45, 2.75) is 0 Å². The van der Waals surface area contributed by atoms with Crippen LogP contribution in [0, 0.1) is 3.57 Å². The third kappa shape index (κ3) is 4.20. The summed E-state index contributed by atoms with van der Waals surface area (Å²) >= 11 is 8.39. The number of carbonyl (C=O) groups is 1. The quantitative estimate of drug-likeness (QED) is 0.313. The predicted molar refractivity (Wildman–Crippen MR) is 99.4 cm³/mol. The zero-order valence-corrected chi connectivity index (χ0v) is 16.2. The Balaban J connectivity index is 2.09. The molecule has 22 heavy (non-hydrogen) atoms. The number of amides is 1. The lowest BCUT2D eigenvalue weighted by Gasteiger charge is -2.03. The lowest BCUT2D eigenvalue weighted by molar-refractivity contribution is 0.0954. The Bertz CT molecular complexity index is 743. The Morgan fingerprint density at radius 2 is 1.82 bits per heavy atom. The van der Waals surface area contributed by atoms with Crippen molar-refractivity contribution in [1.82, 2.24) is 5.43 Å². The van der Waals surface area contributed by atoms with E-state index < -0.39 is 5.91 Å². The first kappa shape index (κ1) is 17.2. The summed E-state index contributed by atoms with van der Waals surface area (Å²) in [7, 11) is 0. The minimum Gasteiger partial charge on any atom is -0.507 e. The molecule has 0 atom stereocenters. The molecule has 0 saturated heterocycles. The Morgan fingerprint density at radius 1 is 1.18 bits per heavy atom. The van der Waals surface area contributed by atoms with Gasteiger partial charge in [-0.3, -0.25) is 4.79 Å². The molecular weight excluding hydrogens is 531 g/mol. The average molecular weight is 540 g/mol. The molecule has 0 aliphatic carbocycles. The van der Waals surface area contributed by atoms with Crippen LogP contribution in [-0.4, -0.2) is 22.3 Å². The number of phenols is 2. The maximum atomic E-state index is 11.9. The van der Waals surface area contributed by atoms with Gasteiger partial charge in [0.15, 0.2) is 0 Å². The molecule has 2 aromatic rings. The first-order chi connectivity index (χ1) is 10.4. The lowest BCUT2D eigenvalue weighted by atomic mass is 10.2. The molecule has 0 unspecified atom stereocenters. The molecule has 0 aliphatic rings. The topological polar surface area (TPSA) is 81.9 Å². The lowest BCUT2D eigenvalue weighted by Crippen LogP contribution is -2.17. The van der Waals surface area contributed by atoms with E-state index in [4.69, 9.17) is 0 Å². The van der Waals surface area contributed by atoms with E-state index >= 15 is 0 Å². The van der Waals surface area contributed by atoms with Crippen molar-refractivity contribution in [2.24, 2.45) is 5.10 Å². The summed E-state index contributed by atoms with van der Waals surface area (Å²) in [6.45, 7) is 0. The molecule has 0 aliphatic heterocycles. The monoisotopic (exact) mass is 538 g/mol. The molecule has 0 heterocycles. The summed E-state index contributed by atoms with van der Waals surface area (Å²) in [5.74, 6) is -0.293. The number of hydrogen-bond donors (Lipinski definition) is 3. The van der Waals surface area contributed by atoms with Crippen LogP contribution in [0.3, 0.4) is 0 Å². The van der Waals surface area contributed by atoms with Crippen molar-refractivity contribution in [2.75, 3.05) is 0 Å². The minimum absolute atomic E-state index is 0.0450. The van der Waals surface area contributed by atoms with Crippen molar-refractivity contribution in [1.29, 1.82) is 0 Å². The fourth-order valence-electron chi connectivity index (χ4n) is 1.54. The van der Waals surface area contributed by atoms with Crippen LogP contribution in [0.15, 0.2) is 44.4 Å². The second-order valence-electron chi connectivity index (χ2n) is 4.20. The van der Waals surface area contributed by atoms with Crippen molar-refractivity contribution in [3.05, 3.63) is 54.0 Å². The molecule has 0 saturated carbocycles. The van der Waals surface area contributed by atoms with Crippen LogP contribution in [0.2, 0.25) is 0 Å². The molecule has 5 nitrogen and oxygen atoms in total. The zero-order valence-electron chi connectivity index (χ0n) is 10.8. The van der Waals surface area contributed by atoms with Crippen LogP contribution in [0.4, 0.5) is 0 Å². The number of rotatable bonds is 3. The molecule has 3 N–H and O–H groups in total. The molecule has 0 spiro atoms. The number of hydrogen-bond acceptors (Lipinski definition) is 4. The molecule has 2 aromatic carbocycles. The number of benzene rings is 2. The highest BCUT2D eigenvalue weighted by molar-refractivity contribution is 14.1. The van der Waals surface area contributed by atoms with Gasteiger partial charge in [-0.2, -0.15) is 5.10 Å². The summed E-state index contributed by atoms with van der Waals surface area (Å²) in [5.41, 5.74) is 3.36. The van der Waals surface area contributed by atoms with Gasteiger partial charge in [0.05, 0.1) is 18.7 Å². The average Bonchev–Trinajstić information content (AvgIpc) is 2.47. The van der Waals surface area contributed by atoms with E-state index in [1.807, 2.05) is 22.6 Å². The molecule has 0 radical (unpaired) electrons. The molecule has 0 fully saturated rings. The van der Waals surface area contributed by atoms with Crippen LogP contribution in [0.25, 0.3) is 0 Å². The third-order valence-corrected chi connectivity index (χ3v) is 4.75. The Labute approximate surface area is 156 Å². The Kier molecular flexibility index (Phi) is 5.81. The summed E-state index contributed by atoms with van der Waals surface area (Å²) < 4.78 is 1.69. The maximum absolute atomic E-state index is 11.9. The van der Waals surface area contributed by atoms with Crippen LogP contribution in [0.1, 0.15) is 15.9 Å². The van der Waals surface area contributed by atoms with Gasteiger partial charge in [-0.25, -0.2) is 5.43 Å². The molecule has 8 heteroatoms. The highest BCUT2D eigenvalue weighted by Gasteiger charge is 2.07. The number of carbonyl (C=O) groups excluding carboxylic acids is 1. The van der Waals surface area contributed by atoms with Crippen molar-refractivity contribution < 1.29 is 15.0 Å². The van der Waals surface area contributed by atoms with Gasteiger partial charge < -0.3 is 10.2 Å². The number of nitrogens with one attached hydrogen (secondary N) is 1. The van der Waals surface area contributed by atoms with Crippen LogP contribution in [-0.2, 0) is 0 Å². The minimum atomic E-state index is -0.431. The molecule has 0 bridgehead atoms. The van der Waals surface area contributed by atoms with Crippen molar-refractivity contribution in [3.8, 4) is 11.5 Å². The molecule has 1 amide bonds. The number of aromatic hydroxyl groups is 2. The largest absolute Gasteiger partial charge is 0.507 e. The summed E-state index contributed by atoms with van der Waals surface area (Å²) in [6.07, 6.45) is 1.44.